The normalized spacial score (nSPS) is 13.7. The molecule has 0 bridgehead atoms. The highest BCUT2D eigenvalue weighted by Crippen LogP contribution is 2.33. The Kier molecular flexibility index (Phi) is 4.97. The largest absolute Gasteiger partial charge is 0.494 e. The fraction of sp³-hybridized carbons (Fsp3) is 0.333. The van der Waals surface area contributed by atoms with Gasteiger partial charge in [0.25, 0.3) is 0 Å². The van der Waals surface area contributed by atoms with Crippen LogP contribution in [-0.2, 0) is 12.0 Å². The molecule has 3 heteroatoms. The molecule has 2 nitrogen and oxygen atoms in total. The summed E-state index contributed by atoms with van der Waals surface area (Å²) in [7, 11) is 1.44. The van der Waals surface area contributed by atoms with Crippen LogP contribution in [0.1, 0.15) is 30.9 Å². The maximum Gasteiger partial charge on any atom is 0.168 e. The molecule has 1 atom stereocenters. The van der Waals surface area contributed by atoms with E-state index < -0.39 is 11.4 Å². The Labute approximate surface area is 125 Å². The van der Waals surface area contributed by atoms with E-state index in [1.54, 1.807) is 18.2 Å². The van der Waals surface area contributed by atoms with Crippen LogP contribution in [0.2, 0.25) is 0 Å². The van der Waals surface area contributed by atoms with Gasteiger partial charge in [-0.15, -0.1) is 0 Å². The first-order valence-corrected chi connectivity index (χ1v) is 7.20. The highest BCUT2D eigenvalue weighted by Gasteiger charge is 2.30. The lowest BCUT2D eigenvalue weighted by Crippen LogP contribution is -2.29. The van der Waals surface area contributed by atoms with Crippen molar-refractivity contribution in [3.05, 3.63) is 65.5 Å². The third-order valence-corrected chi connectivity index (χ3v) is 3.72. The third-order valence-electron chi connectivity index (χ3n) is 3.72. The van der Waals surface area contributed by atoms with Crippen molar-refractivity contribution in [2.45, 2.75) is 31.8 Å². The highest BCUT2D eigenvalue weighted by molar-refractivity contribution is 5.34. The number of benzene rings is 2. The van der Waals surface area contributed by atoms with Crippen LogP contribution in [0.15, 0.2) is 48.5 Å². The molecular formula is C18H21FO2. The number of rotatable bonds is 6. The molecule has 0 amide bonds. The number of hydrogen-bond acceptors (Lipinski definition) is 2. The monoisotopic (exact) mass is 288 g/mol. The van der Waals surface area contributed by atoms with E-state index in [2.05, 4.69) is 0 Å². The molecule has 2 aromatic carbocycles. The lowest BCUT2D eigenvalue weighted by Gasteiger charge is -2.29. The van der Waals surface area contributed by atoms with Gasteiger partial charge in [0.2, 0.25) is 0 Å². The molecule has 0 heterocycles. The van der Waals surface area contributed by atoms with E-state index in [4.69, 9.17) is 4.74 Å². The summed E-state index contributed by atoms with van der Waals surface area (Å²) < 4.78 is 19.3. The minimum atomic E-state index is -1.07. The number of methoxy groups -OCH3 is 1. The zero-order valence-electron chi connectivity index (χ0n) is 12.5. The van der Waals surface area contributed by atoms with Gasteiger partial charge in [-0.1, -0.05) is 55.8 Å². The number of hydrogen-bond donors (Lipinski definition) is 1. The molecule has 0 saturated heterocycles. The summed E-state index contributed by atoms with van der Waals surface area (Å²) >= 11 is 0. The van der Waals surface area contributed by atoms with Crippen molar-refractivity contribution in [2.75, 3.05) is 7.11 Å². The Morgan fingerprint density at radius 1 is 1.10 bits per heavy atom. The van der Waals surface area contributed by atoms with Gasteiger partial charge in [-0.2, -0.15) is 0 Å². The van der Waals surface area contributed by atoms with Crippen molar-refractivity contribution >= 4 is 0 Å². The Bertz CT molecular complexity index is 583. The van der Waals surface area contributed by atoms with Crippen LogP contribution in [0.3, 0.4) is 0 Å². The summed E-state index contributed by atoms with van der Waals surface area (Å²) in [6, 6.07) is 14.5. The van der Waals surface area contributed by atoms with E-state index in [0.717, 1.165) is 12.0 Å². The average molecular weight is 288 g/mol. The fourth-order valence-electron chi connectivity index (χ4n) is 2.66. The molecule has 2 rings (SSSR count). The molecular weight excluding hydrogens is 267 g/mol. The summed E-state index contributed by atoms with van der Waals surface area (Å²) in [5.74, 6) is -0.190. The predicted octanol–water partition coefficient (Wildman–Crippen LogP) is 4.06. The van der Waals surface area contributed by atoms with Crippen LogP contribution in [0.5, 0.6) is 5.75 Å². The second-order valence-corrected chi connectivity index (χ2v) is 5.26. The molecule has 0 aliphatic heterocycles. The van der Waals surface area contributed by atoms with Crippen molar-refractivity contribution in [1.29, 1.82) is 0 Å². The minimum Gasteiger partial charge on any atom is -0.494 e. The second kappa shape index (κ2) is 6.72. The van der Waals surface area contributed by atoms with Gasteiger partial charge in [0.15, 0.2) is 11.6 Å². The maximum atomic E-state index is 14.3. The summed E-state index contributed by atoms with van der Waals surface area (Å²) in [5, 5.41) is 11.0. The third kappa shape index (κ3) is 3.42. The molecule has 0 radical (unpaired) electrons. The van der Waals surface area contributed by atoms with E-state index in [-0.39, 0.29) is 12.2 Å². The highest BCUT2D eigenvalue weighted by atomic mass is 19.1. The smallest absolute Gasteiger partial charge is 0.168 e. The molecule has 0 aromatic heterocycles. The number of ether oxygens (including phenoxy) is 1. The molecule has 0 aliphatic rings. The molecule has 1 N–H and O–H groups in total. The second-order valence-electron chi connectivity index (χ2n) is 5.26. The summed E-state index contributed by atoms with van der Waals surface area (Å²) in [4.78, 5) is 0. The molecule has 21 heavy (non-hydrogen) atoms. The first-order valence-electron chi connectivity index (χ1n) is 7.20. The maximum absolute atomic E-state index is 14.3. The Morgan fingerprint density at radius 2 is 1.81 bits per heavy atom. The van der Waals surface area contributed by atoms with Crippen LogP contribution in [-0.4, -0.2) is 12.2 Å². The van der Waals surface area contributed by atoms with Gasteiger partial charge in [0, 0.05) is 6.42 Å². The van der Waals surface area contributed by atoms with Gasteiger partial charge in [-0.3, -0.25) is 0 Å². The molecule has 1 unspecified atom stereocenters. The zero-order valence-corrected chi connectivity index (χ0v) is 12.5. The Hall–Kier alpha value is -1.87. The van der Waals surface area contributed by atoms with Gasteiger partial charge < -0.3 is 9.84 Å². The lowest BCUT2D eigenvalue weighted by atomic mass is 9.83. The first-order chi connectivity index (χ1) is 10.1. The van der Waals surface area contributed by atoms with Crippen LogP contribution in [0.4, 0.5) is 4.39 Å². The Morgan fingerprint density at radius 3 is 2.43 bits per heavy atom. The molecule has 0 aliphatic carbocycles. The topological polar surface area (TPSA) is 29.5 Å². The van der Waals surface area contributed by atoms with Gasteiger partial charge in [0.1, 0.15) is 0 Å². The van der Waals surface area contributed by atoms with Gasteiger partial charge >= 0.3 is 0 Å². The van der Waals surface area contributed by atoms with E-state index in [0.29, 0.717) is 12.0 Å². The van der Waals surface area contributed by atoms with Crippen LogP contribution >= 0.6 is 0 Å². The SMILES string of the molecule is CCCC(O)(Cc1cccc(OC)c1F)c1ccccc1. The van der Waals surface area contributed by atoms with Crippen molar-refractivity contribution < 1.29 is 14.2 Å². The first kappa shape index (κ1) is 15.5. The van der Waals surface area contributed by atoms with Crippen LogP contribution in [0.25, 0.3) is 0 Å². The average Bonchev–Trinajstić information content (AvgIpc) is 2.50. The van der Waals surface area contributed by atoms with E-state index in [1.165, 1.54) is 7.11 Å². The molecule has 0 spiro atoms. The number of halogens is 1. The minimum absolute atomic E-state index is 0.208. The van der Waals surface area contributed by atoms with Crippen molar-refractivity contribution in [3.8, 4) is 5.75 Å². The summed E-state index contributed by atoms with van der Waals surface area (Å²) in [5.41, 5.74) is 0.215. The predicted molar refractivity (Wildman–Crippen MR) is 81.9 cm³/mol. The lowest BCUT2D eigenvalue weighted by molar-refractivity contribution is 0.0260. The summed E-state index contributed by atoms with van der Waals surface area (Å²) in [6.45, 7) is 2.01. The van der Waals surface area contributed by atoms with Crippen molar-refractivity contribution in [3.63, 3.8) is 0 Å². The van der Waals surface area contributed by atoms with Crippen LogP contribution in [0, 0.1) is 5.82 Å². The van der Waals surface area contributed by atoms with Crippen molar-refractivity contribution in [1.82, 2.24) is 0 Å². The van der Waals surface area contributed by atoms with E-state index in [9.17, 15) is 9.50 Å². The standard InChI is InChI=1S/C18H21FO2/c1-3-12-18(20,15-9-5-4-6-10-15)13-14-8-7-11-16(21-2)17(14)19/h4-11,20H,3,12-13H2,1-2H3. The van der Waals surface area contributed by atoms with E-state index in [1.807, 2.05) is 37.3 Å². The van der Waals surface area contributed by atoms with E-state index >= 15 is 0 Å². The number of aliphatic hydroxyl groups is 1. The fourth-order valence-corrected chi connectivity index (χ4v) is 2.66. The molecule has 2 aromatic rings. The molecule has 0 saturated carbocycles. The van der Waals surface area contributed by atoms with Crippen molar-refractivity contribution in [2.24, 2.45) is 0 Å². The molecule has 0 fully saturated rings. The van der Waals surface area contributed by atoms with Gasteiger partial charge in [0.05, 0.1) is 12.7 Å². The van der Waals surface area contributed by atoms with Crippen LogP contribution < -0.4 is 4.74 Å². The summed E-state index contributed by atoms with van der Waals surface area (Å²) in [6.07, 6.45) is 1.62. The quantitative estimate of drug-likeness (QED) is 0.868. The van der Waals surface area contributed by atoms with Gasteiger partial charge in [-0.05, 0) is 23.6 Å². The zero-order chi connectivity index (χ0) is 15.3. The Balaban J connectivity index is 2.37. The van der Waals surface area contributed by atoms with Gasteiger partial charge in [-0.25, -0.2) is 4.39 Å². The molecule has 112 valence electrons.